The van der Waals surface area contributed by atoms with E-state index in [1.54, 1.807) is 4.68 Å². The molecular weight excluding hydrogens is 218 g/mol. The van der Waals surface area contributed by atoms with Crippen molar-refractivity contribution in [1.29, 1.82) is 0 Å². The van der Waals surface area contributed by atoms with Crippen molar-refractivity contribution in [1.82, 2.24) is 9.78 Å². The van der Waals surface area contributed by atoms with Crippen LogP contribution in [-0.4, -0.2) is 22.9 Å². The van der Waals surface area contributed by atoms with E-state index in [1.165, 1.54) is 7.11 Å². The number of hydrogen-bond donors (Lipinski definition) is 0. The van der Waals surface area contributed by atoms with Crippen LogP contribution in [0.2, 0.25) is 0 Å². The van der Waals surface area contributed by atoms with Crippen molar-refractivity contribution in [2.45, 2.75) is 6.42 Å². The Balaban J connectivity index is 2.28. The van der Waals surface area contributed by atoms with Crippen LogP contribution in [0.15, 0.2) is 36.7 Å². The number of carbonyl (C=O) groups is 1. The minimum atomic E-state index is -0.293. The standard InChI is InChI=1S/C12H14N3O2/c1-14-9-15(10-6-4-3-5-7-10)13-11(14)8-12(16)17-2/h3-7,9H,8H2,1-2H3/q+1. The van der Waals surface area contributed by atoms with Crippen LogP contribution in [-0.2, 0) is 23.0 Å². The Labute approximate surface area is 99.3 Å². The van der Waals surface area contributed by atoms with E-state index in [4.69, 9.17) is 0 Å². The first-order chi connectivity index (χ1) is 8.20. The number of nitrogens with zero attached hydrogens (tertiary/aromatic N) is 3. The maximum absolute atomic E-state index is 11.2. The molecule has 0 atom stereocenters. The van der Waals surface area contributed by atoms with E-state index in [9.17, 15) is 4.79 Å². The van der Waals surface area contributed by atoms with Crippen molar-refractivity contribution in [3.05, 3.63) is 42.5 Å². The Bertz CT molecular complexity index is 520. The Morgan fingerprint density at radius 3 is 2.76 bits per heavy atom. The SMILES string of the molecule is COC(=O)Cc1nn(-c2ccccc2)c[n+]1C. The lowest BCUT2D eigenvalue weighted by atomic mass is 10.3. The van der Waals surface area contributed by atoms with E-state index in [-0.39, 0.29) is 12.4 Å². The molecule has 0 amide bonds. The van der Waals surface area contributed by atoms with Crippen LogP contribution >= 0.6 is 0 Å². The zero-order valence-electron chi connectivity index (χ0n) is 9.83. The number of ether oxygens (including phenoxy) is 1. The summed E-state index contributed by atoms with van der Waals surface area (Å²) >= 11 is 0. The van der Waals surface area contributed by atoms with E-state index in [2.05, 4.69) is 9.84 Å². The smallest absolute Gasteiger partial charge is 0.316 e. The highest BCUT2D eigenvalue weighted by atomic mass is 16.5. The molecule has 5 nitrogen and oxygen atoms in total. The van der Waals surface area contributed by atoms with Crippen molar-refractivity contribution < 1.29 is 14.1 Å². The summed E-state index contributed by atoms with van der Waals surface area (Å²) in [6.07, 6.45) is 2.00. The Hall–Kier alpha value is -2.17. The normalized spacial score (nSPS) is 10.2. The highest BCUT2D eigenvalue weighted by Crippen LogP contribution is 2.04. The first-order valence-corrected chi connectivity index (χ1v) is 5.27. The second-order valence-corrected chi connectivity index (χ2v) is 3.68. The van der Waals surface area contributed by atoms with Gasteiger partial charge in [0.05, 0.1) is 14.2 Å². The summed E-state index contributed by atoms with van der Waals surface area (Å²) < 4.78 is 8.17. The fraction of sp³-hybridized carbons (Fsp3) is 0.250. The summed E-state index contributed by atoms with van der Waals surface area (Å²) in [5, 5.41) is 4.35. The molecule has 0 aliphatic rings. The maximum atomic E-state index is 11.2. The van der Waals surface area contributed by atoms with Gasteiger partial charge in [0.25, 0.3) is 5.82 Å². The fourth-order valence-electron chi connectivity index (χ4n) is 1.52. The highest BCUT2D eigenvalue weighted by molar-refractivity contribution is 5.70. The maximum Gasteiger partial charge on any atom is 0.316 e. The third kappa shape index (κ3) is 2.50. The van der Waals surface area contributed by atoms with Gasteiger partial charge in [-0.15, -0.1) is 0 Å². The van der Waals surface area contributed by atoms with Gasteiger partial charge in [-0.1, -0.05) is 22.9 Å². The van der Waals surface area contributed by atoms with Crippen molar-refractivity contribution >= 4 is 5.97 Å². The molecule has 0 fully saturated rings. The highest BCUT2D eigenvalue weighted by Gasteiger charge is 2.18. The van der Waals surface area contributed by atoms with Gasteiger partial charge in [0.2, 0.25) is 6.33 Å². The molecule has 88 valence electrons. The molecule has 2 rings (SSSR count). The lowest BCUT2D eigenvalue weighted by molar-refractivity contribution is -0.679. The summed E-state index contributed by atoms with van der Waals surface area (Å²) in [7, 11) is 3.22. The molecule has 0 aliphatic heterocycles. The minimum absolute atomic E-state index is 0.173. The molecule has 1 heterocycles. The summed E-state index contributed by atoms with van der Waals surface area (Å²) in [5.41, 5.74) is 0.958. The third-order valence-electron chi connectivity index (χ3n) is 2.46. The van der Waals surface area contributed by atoms with Gasteiger partial charge in [-0.05, 0) is 12.1 Å². The van der Waals surface area contributed by atoms with Crippen LogP contribution < -0.4 is 4.57 Å². The van der Waals surface area contributed by atoms with Crippen LogP contribution in [0.25, 0.3) is 5.69 Å². The summed E-state index contributed by atoms with van der Waals surface area (Å²) in [6, 6.07) is 9.74. The molecule has 0 bridgehead atoms. The van der Waals surface area contributed by atoms with E-state index >= 15 is 0 Å². The number of esters is 1. The molecule has 0 spiro atoms. The number of methoxy groups -OCH3 is 1. The molecule has 1 aromatic carbocycles. The predicted molar refractivity (Wildman–Crippen MR) is 60.5 cm³/mol. The molecule has 1 aromatic heterocycles. The molecule has 0 radical (unpaired) electrons. The summed E-state index contributed by atoms with van der Waals surface area (Å²) in [6.45, 7) is 0. The predicted octanol–water partition coefficient (Wildman–Crippen LogP) is 0.412. The Kier molecular flexibility index (Phi) is 3.18. The molecule has 0 N–H and O–H groups in total. The van der Waals surface area contributed by atoms with Gasteiger partial charge in [0.15, 0.2) is 0 Å². The fourth-order valence-corrected chi connectivity index (χ4v) is 1.52. The third-order valence-corrected chi connectivity index (χ3v) is 2.46. The topological polar surface area (TPSA) is 48.0 Å². The van der Waals surface area contributed by atoms with Crippen molar-refractivity contribution in [2.75, 3.05) is 7.11 Å². The van der Waals surface area contributed by atoms with Crippen LogP contribution in [0.4, 0.5) is 0 Å². The monoisotopic (exact) mass is 232 g/mol. The number of para-hydroxylation sites is 1. The molecule has 5 heteroatoms. The van der Waals surface area contributed by atoms with E-state index in [0.29, 0.717) is 5.82 Å². The number of hydrogen-bond acceptors (Lipinski definition) is 3. The molecule has 0 aliphatic carbocycles. The largest absolute Gasteiger partial charge is 0.469 e. The van der Waals surface area contributed by atoms with E-state index in [0.717, 1.165) is 5.69 Å². The van der Waals surface area contributed by atoms with Crippen molar-refractivity contribution in [3.63, 3.8) is 0 Å². The van der Waals surface area contributed by atoms with Crippen LogP contribution in [0, 0.1) is 0 Å². The van der Waals surface area contributed by atoms with Crippen LogP contribution in [0.1, 0.15) is 5.82 Å². The van der Waals surface area contributed by atoms with Gasteiger partial charge in [0.1, 0.15) is 12.1 Å². The molecule has 2 aromatic rings. The quantitative estimate of drug-likeness (QED) is 0.569. The number of aryl methyl sites for hydroxylation is 1. The molecule has 17 heavy (non-hydrogen) atoms. The lowest BCUT2D eigenvalue weighted by Gasteiger charge is -1.92. The average molecular weight is 232 g/mol. The molecule has 0 saturated carbocycles. The second-order valence-electron chi connectivity index (χ2n) is 3.68. The molecular formula is C12H14N3O2+. The van der Waals surface area contributed by atoms with Crippen molar-refractivity contribution in [3.8, 4) is 5.69 Å². The average Bonchev–Trinajstić information content (AvgIpc) is 2.72. The van der Waals surface area contributed by atoms with Crippen LogP contribution in [0.3, 0.4) is 0 Å². The lowest BCUT2D eigenvalue weighted by Crippen LogP contribution is -2.32. The number of aromatic nitrogens is 3. The van der Waals surface area contributed by atoms with Gasteiger partial charge in [-0.25, -0.2) is 4.57 Å². The van der Waals surface area contributed by atoms with E-state index in [1.807, 2.05) is 48.3 Å². The number of carbonyl (C=O) groups excluding carboxylic acids is 1. The number of benzene rings is 1. The Morgan fingerprint density at radius 1 is 1.41 bits per heavy atom. The minimum Gasteiger partial charge on any atom is -0.469 e. The summed E-state index contributed by atoms with van der Waals surface area (Å²) in [5.74, 6) is 0.375. The van der Waals surface area contributed by atoms with Gasteiger partial charge < -0.3 is 4.74 Å². The molecule has 0 saturated heterocycles. The van der Waals surface area contributed by atoms with Gasteiger partial charge in [-0.3, -0.25) is 4.79 Å². The number of rotatable bonds is 3. The van der Waals surface area contributed by atoms with Gasteiger partial charge in [0, 0.05) is 5.10 Å². The second kappa shape index (κ2) is 4.78. The zero-order chi connectivity index (χ0) is 12.3. The zero-order valence-corrected chi connectivity index (χ0v) is 9.83. The van der Waals surface area contributed by atoms with Crippen molar-refractivity contribution in [2.24, 2.45) is 7.05 Å². The summed E-state index contributed by atoms with van der Waals surface area (Å²) in [4.78, 5) is 11.2. The first-order valence-electron chi connectivity index (χ1n) is 5.27. The Morgan fingerprint density at radius 2 is 2.12 bits per heavy atom. The first kappa shape index (κ1) is 11.3. The van der Waals surface area contributed by atoms with Crippen LogP contribution in [0.5, 0.6) is 0 Å². The van der Waals surface area contributed by atoms with E-state index < -0.39 is 0 Å². The van der Waals surface area contributed by atoms with Gasteiger partial charge >= 0.3 is 5.97 Å². The molecule has 0 unspecified atom stereocenters. The van der Waals surface area contributed by atoms with Gasteiger partial charge in [-0.2, -0.15) is 0 Å².